The number of rotatable bonds is 3. The summed E-state index contributed by atoms with van der Waals surface area (Å²) in [5, 5.41) is 0. The molecule has 7 heteroatoms. The molecule has 1 aliphatic heterocycles. The lowest BCUT2D eigenvalue weighted by atomic mass is 10.1. The van der Waals surface area contributed by atoms with E-state index in [1.165, 1.54) is 23.5 Å². The minimum atomic E-state index is -4.25. The summed E-state index contributed by atoms with van der Waals surface area (Å²) in [7, 11) is -4.25. The molecule has 0 aromatic heterocycles. The average molecular weight is 306 g/mol. The van der Waals surface area contributed by atoms with E-state index >= 15 is 0 Å². The van der Waals surface area contributed by atoms with Crippen LogP contribution >= 0.6 is 31.1 Å². The Hall–Kier alpha value is -0.130. The molecule has 100 valence electrons. The number of benzene rings is 1. The van der Waals surface area contributed by atoms with Crippen LogP contribution in [0.2, 0.25) is 0 Å². The van der Waals surface area contributed by atoms with Crippen LogP contribution in [0.25, 0.3) is 0 Å². The Labute approximate surface area is 115 Å². The van der Waals surface area contributed by atoms with Crippen molar-refractivity contribution in [1.82, 2.24) is 0 Å². The Morgan fingerprint density at radius 3 is 2.50 bits per heavy atom. The van der Waals surface area contributed by atoms with E-state index in [0.29, 0.717) is 17.9 Å². The number of hydrogen-bond acceptors (Lipinski definition) is 4. The van der Waals surface area contributed by atoms with Gasteiger partial charge >= 0.3 is 7.60 Å². The molecule has 2 rings (SSSR count). The van der Waals surface area contributed by atoms with Crippen LogP contribution in [0.3, 0.4) is 0 Å². The van der Waals surface area contributed by atoms with E-state index in [2.05, 4.69) is 0 Å². The molecule has 0 amide bonds. The molecule has 18 heavy (non-hydrogen) atoms. The van der Waals surface area contributed by atoms with Crippen LogP contribution in [0.1, 0.15) is 11.2 Å². The number of thioether (sulfide) groups is 2. The molecular weight excluding hydrogens is 291 g/mol. The van der Waals surface area contributed by atoms with Gasteiger partial charge in [0.15, 0.2) is 0 Å². The van der Waals surface area contributed by atoms with Crippen LogP contribution in [-0.4, -0.2) is 33.0 Å². The van der Waals surface area contributed by atoms with Crippen LogP contribution in [-0.2, 0) is 4.57 Å². The molecule has 1 aromatic carbocycles. The van der Waals surface area contributed by atoms with Crippen LogP contribution < -0.4 is 4.74 Å². The summed E-state index contributed by atoms with van der Waals surface area (Å²) in [5.41, 5.74) is -0.235. The van der Waals surface area contributed by atoms with Crippen LogP contribution in [0.15, 0.2) is 24.3 Å². The second-order valence-electron chi connectivity index (χ2n) is 4.04. The third kappa shape index (κ3) is 2.32. The SMILES string of the molecule is CSC1(SC)COc2ccccc2C1P(=O)(O)O. The minimum Gasteiger partial charge on any atom is -0.491 e. The zero-order chi connectivity index (χ0) is 13.4. The van der Waals surface area contributed by atoms with Gasteiger partial charge in [0.25, 0.3) is 0 Å². The third-order valence-corrected chi connectivity index (χ3v) is 7.92. The molecule has 0 saturated carbocycles. The summed E-state index contributed by atoms with van der Waals surface area (Å²) >= 11 is 2.88. The standard InChI is InChI=1S/C11H15O4PS2/c1-17-11(18-2)7-15-9-6-4-3-5-8(9)10(11)16(12,13)14/h3-6,10H,7H2,1-2H3,(H2,12,13,14). The molecule has 1 aromatic rings. The molecule has 0 spiro atoms. The lowest BCUT2D eigenvalue weighted by Crippen LogP contribution is -2.39. The molecule has 1 atom stereocenters. The van der Waals surface area contributed by atoms with Crippen molar-refractivity contribution in [3.05, 3.63) is 29.8 Å². The van der Waals surface area contributed by atoms with Crippen molar-refractivity contribution in [2.75, 3.05) is 19.1 Å². The Morgan fingerprint density at radius 2 is 1.94 bits per heavy atom. The van der Waals surface area contributed by atoms with Gasteiger partial charge in [0.05, 0.1) is 0 Å². The van der Waals surface area contributed by atoms with Gasteiger partial charge in [0, 0.05) is 5.56 Å². The summed E-state index contributed by atoms with van der Waals surface area (Å²) in [6.45, 7) is 0.294. The monoisotopic (exact) mass is 306 g/mol. The van der Waals surface area contributed by atoms with Crippen molar-refractivity contribution >= 4 is 31.1 Å². The zero-order valence-corrected chi connectivity index (χ0v) is 12.6. The smallest absolute Gasteiger partial charge is 0.335 e. The topological polar surface area (TPSA) is 66.8 Å². The van der Waals surface area contributed by atoms with Gasteiger partial charge in [0.2, 0.25) is 0 Å². The van der Waals surface area contributed by atoms with Gasteiger partial charge in [-0.1, -0.05) is 18.2 Å². The van der Waals surface area contributed by atoms with Crippen LogP contribution in [0.5, 0.6) is 5.75 Å². The van der Waals surface area contributed by atoms with Crippen molar-refractivity contribution in [2.24, 2.45) is 0 Å². The summed E-state index contributed by atoms with van der Waals surface area (Å²) < 4.78 is 16.9. The average Bonchev–Trinajstić information content (AvgIpc) is 2.36. The molecule has 2 N–H and O–H groups in total. The van der Waals surface area contributed by atoms with Crippen molar-refractivity contribution in [1.29, 1.82) is 0 Å². The third-order valence-electron chi connectivity index (χ3n) is 3.09. The normalized spacial score (nSPS) is 22.1. The van der Waals surface area contributed by atoms with E-state index in [0.717, 1.165) is 0 Å². The largest absolute Gasteiger partial charge is 0.491 e. The fraction of sp³-hybridized carbons (Fsp3) is 0.455. The maximum absolute atomic E-state index is 11.9. The lowest BCUT2D eigenvalue weighted by molar-refractivity contribution is 0.262. The maximum Gasteiger partial charge on any atom is 0.335 e. The molecule has 0 bridgehead atoms. The molecule has 1 heterocycles. The molecule has 1 unspecified atom stereocenters. The second kappa shape index (κ2) is 5.10. The first kappa shape index (κ1) is 14.3. The van der Waals surface area contributed by atoms with E-state index in [1.807, 2.05) is 12.5 Å². The number of hydrogen-bond donors (Lipinski definition) is 2. The Bertz CT molecular complexity index is 484. The highest BCUT2D eigenvalue weighted by Crippen LogP contribution is 2.66. The molecule has 0 aliphatic carbocycles. The molecule has 0 saturated heterocycles. The molecule has 0 radical (unpaired) electrons. The van der Waals surface area contributed by atoms with Gasteiger partial charge < -0.3 is 14.5 Å². The highest BCUT2D eigenvalue weighted by atomic mass is 32.2. The van der Waals surface area contributed by atoms with E-state index in [9.17, 15) is 14.4 Å². The predicted molar refractivity (Wildman–Crippen MR) is 76.5 cm³/mol. The first-order chi connectivity index (χ1) is 8.44. The minimum absolute atomic E-state index is 0.294. The van der Waals surface area contributed by atoms with E-state index in [1.54, 1.807) is 24.3 Å². The lowest BCUT2D eigenvalue weighted by Gasteiger charge is -2.42. The van der Waals surface area contributed by atoms with Gasteiger partial charge in [-0.2, -0.15) is 0 Å². The number of para-hydroxylation sites is 1. The van der Waals surface area contributed by atoms with E-state index in [-0.39, 0.29) is 0 Å². The van der Waals surface area contributed by atoms with Gasteiger partial charge in [0.1, 0.15) is 22.1 Å². The van der Waals surface area contributed by atoms with Gasteiger partial charge in [-0.15, -0.1) is 23.5 Å². The number of fused-ring (bicyclic) bond motifs is 1. The van der Waals surface area contributed by atoms with E-state index in [4.69, 9.17) is 4.74 Å². The summed E-state index contributed by atoms with van der Waals surface area (Å²) in [5.74, 6) is 0.574. The summed E-state index contributed by atoms with van der Waals surface area (Å²) in [4.78, 5) is 19.4. The molecule has 0 fully saturated rings. The Balaban J connectivity index is 2.60. The fourth-order valence-corrected chi connectivity index (χ4v) is 6.53. The van der Waals surface area contributed by atoms with Gasteiger partial charge in [-0.3, -0.25) is 4.57 Å². The maximum atomic E-state index is 11.9. The Kier molecular flexibility index (Phi) is 4.04. The second-order valence-corrected chi connectivity index (χ2v) is 8.26. The quantitative estimate of drug-likeness (QED) is 0.661. The molecular formula is C11H15O4PS2. The first-order valence-electron chi connectivity index (χ1n) is 5.32. The van der Waals surface area contributed by atoms with Gasteiger partial charge in [-0.05, 0) is 18.6 Å². The van der Waals surface area contributed by atoms with E-state index < -0.39 is 17.3 Å². The summed E-state index contributed by atoms with van der Waals surface area (Å²) in [6.07, 6.45) is 3.72. The van der Waals surface area contributed by atoms with Gasteiger partial charge in [-0.25, -0.2) is 0 Å². The highest BCUT2D eigenvalue weighted by Gasteiger charge is 2.52. The number of ether oxygens (including phenoxy) is 1. The zero-order valence-electron chi connectivity index (χ0n) is 10.1. The fourth-order valence-electron chi connectivity index (χ4n) is 2.19. The predicted octanol–water partition coefficient (Wildman–Crippen LogP) is 2.72. The van der Waals surface area contributed by atoms with Crippen LogP contribution in [0, 0.1) is 0 Å². The first-order valence-corrected chi connectivity index (χ1v) is 9.45. The highest BCUT2D eigenvalue weighted by molar-refractivity contribution is 8.18. The molecule has 4 nitrogen and oxygen atoms in total. The summed E-state index contributed by atoms with van der Waals surface area (Å²) in [6, 6.07) is 7.07. The Morgan fingerprint density at radius 1 is 1.33 bits per heavy atom. The molecule has 1 aliphatic rings. The van der Waals surface area contributed by atoms with Crippen molar-refractivity contribution in [3.8, 4) is 5.75 Å². The van der Waals surface area contributed by atoms with Crippen LogP contribution in [0.4, 0.5) is 0 Å². The van der Waals surface area contributed by atoms with Crippen molar-refractivity contribution in [2.45, 2.75) is 9.74 Å². The van der Waals surface area contributed by atoms with Crippen molar-refractivity contribution < 1.29 is 19.1 Å². The van der Waals surface area contributed by atoms with Crippen molar-refractivity contribution in [3.63, 3.8) is 0 Å².